The Balaban J connectivity index is 1.12. The molecule has 172 valence electrons. The van der Waals surface area contributed by atoms with Gasteiger partial charge in [0.1, 0.15) is 12.4 Å². The molecule has 0 N–H and O–H groups in total. The molecule has 0 radical (unpaired) electrons. The third kappa shape index (κ3) is 3.69. The van der Waals surface area contributed by atoms with Crippen LogP contribution in [0, 0.1) is 5.92 Å². The van der Waals surface area contributed by atoms with Gasteiger partial charge in [-0.3, -0.25) is 9.78 Å². The van der Waals surface area contributed by atoms with Crippen molar-refractivity contribution < 1.29 is 14.3 Å². The number of Topliss-reactive ketones (excluding diaryl/α,β-unsaturated/α-hetero) is 1. The maximum atomic E-state index is 13.2. The summed E-state index contributed by atoms with van der Waals surface area (Å²) < 4.78 is 5.94. The second kappa shape index (κ2) is 8.71. The number of ether oxygens (including phenoxy) is 1. The van der Waals surface area contributed by atoms with E-state index in [0.29, 0.717) is 13.0 Å². The van der Waals surface area contributed by atoms with Gasteiger partial charge in [0.25, 0.3) is 0 Å². The number of hydrogen-bond donors (Lipinski definition) is 0. The lowest BCUT2D eigenvalue weighted by molar-refractivity contribution is -0.124. The largest absolute Gasteiger partial charge is 0.448 e. The van der Waals surface area contributed by atoms with Crippen molar-refractivity contribution in [3.8, 4) is 11.1 Å². The van der Waals surface area contributed by atoms with Gasteiger partial charge in [0.2, 0.25) is 0 Å². The molecule has 1 aromatic heterocycles. The summed E-state index contributed by atoms with van der Waals surface area (Å²) >= 11 is 0. The zero-order chi connectivity index (χ0) is 23.1. The number of carbonyl (C=O) groups is 2. The fraction of sp³-hybridized carbons (Fsp3) is 0.345. The van der Waals surface area contributed by atoms with Gasteiger partial charge in [-0.1, -0.05) is 54.6 Å². The molecule has 0 spiro atoms. The monoisotopic (exact) mass is 452 g/mol. The minimum atomic E-state index is -0.231. The summed E-state index contributed by atoms with van der Waals surface area (Å²) in [7, 11) is 0. The molecule has 34 heavy (non-hydrogen) atoms. The smallest absolute Gasteiger partial charge is 0.410 e. The normalized spacial score (nSPS) is 22.8. The van der Waals surface area contributed by atoms with E-state index in [9.17, 15) is 9.59 Å². The Bertz CT molecular complexity index is 1170. The lowest BCUT2D eigenvalue weighted by atomic mass is 9.86. The highest BCUT2D eigenvalue weighted by atomic mass is 16.6. The van der Waals surface area contributed by atoms with Gasteiger partial charge >= 0.3 is 6.09 Å². The van der Waals surface area contributed by atoms with Crippen LogP contribution in [0.3, 0.4) is 0 Å². The third-order valence-corrected chi connectivity index (χ3v) is 7.82. The summed E-state index contributed by atoms with van der Waals surface area (Å²) in [6, 6.07) is 22.6. The fourth-order valence-corrected chi connectivity index (χ4v) is 6.23. The summed E-state index contributed by atoms with van der Waals surface area (Å²) in [5.74, 6) is 0.298. The number of hydrogen-bond acceptors (Lipinski definition) is 4. The number of pyridine rings is 1. The van der Waals surface area contributed by atoms with E-state index in [1.165, 1.54) is 22.3 Å². The number of aromatic nitrogens is 1. The van der Waals surface area contributed by atoms with Gasteiger partial charge in [-0.2, -0.15) is 0 Å². The van der Waals surface area contributed by atoms with Gasteiger partial charge in [-0.15, -0.1) is 0 Å². The standard InChI is InChI=1S/C29H28N2O3/c32-28(17-20-7-5-6-14-30-20)19-15-21-12-13-22(16-19)31(21)29(33)34-18-27-25-10-3-1-8-23(25)24-9-2-4-11-26(24)27/h1-11,14,19,21-22,27H,12-13,15-18H2. The van der Waals surface area contributed by atoms with Crippen molar-refractivity contribution in [2.75, 3.05) is 6.61 Å². The molecule has 3 aromatic rings. The first-order valence-electron chi connectivity index (χ1n) is 12.2. The number of ketones is 1. The fourth-order valence-electron chi connectivity index (χ4n) is 6.23. The number of nitrogens with zero attached hydrogens (tertiary/aromatic N) is 2. The van der Waals surface area contributed by atoms with Crippen molar-refractivity contribution in [1.82, 2.24) is 9.88 Å². The van der Waals surface area contributed by atoms with E-state index >= 15 is 0 Å². The van der Waals surface area contributed by atoms with Crippen molar-refractivity contribution in [3.05, 3.63) is 89.7 Å². The van der Waals surface area contributed by atoms with Crippen LogP contribution in [0.4, 0.5) is 4.79 Å². The van der Waals surface area contributed by atoms with Crippen molar-refractivity contribution in [2.24, 2.45) is 5.92 Å². The number of rotatable bonds is 5. The molecular weight excluding hydrogens is 424 g/mol. The van der Waals surface area contributed by atoms with Crippen LogP contribution in [-0.4, -0.2) is 40.5 Å². The molecule has 3 heterocycles. The van der Waals surface area contributed by atoms with E-state index in [2.05, 4.69) is 41.4 Å². The van der Waals surface area contributed by atoms with Crippen molar-refractivity contribution >= 4 is 11.9 Å². The lowest BCUT2D eigenvalue weighted by Gasteiger charge is -2.37. The molecule has 5 heteroatoms. The first-order valence-corrected chi connectivity index (χ1v) is 12.2. The highest BCUT2D eigenvalue weighted by Gasteiger charge is 2.46. The summed E-state index contributed by atoms with van der Waals surface area (Å²) in [5, 5.41) is 0. The molecule has 1 amide bonds. The van der Waals surface area contributed by atoms with Crippen LogP contribution >= 0.6 is 0 Å². The van der Waals surface area contributed by atoms with E-state index in [1.54, 1.807) is 6.20 Å². The topological polar surface area (TPSA) is 59.5 Å². The minimum Gasteiger partial charge on any atom is -0.448 e. The van der Waals surface area contributed by atoms with Gasteiger partial charge < -0.3 is 9.64 Å². The number of amides is 1. The molecule has 2 saturated heterocycles. The number of fused-ring (bicyclic) bond motifs is 5. The second-order valence-corrected chi connectivity index (χ2v) is 9.73. The summed E-state index contributed by atoms with van der Waals surface area (Å²) in [5.41, 5.74) is 5.72. The Hall–Kier alpha value is -3.47. The molecule has 1 aliphatic carbocycles. The average molecular weight is 453 g/mol. The lowest BCUT2D eigenvalue weighted by Crippen LogP contribution is -2.48. The molecular formula is C29H28N2O3. The zero-order valence-corrected chi connectivity index (χ0v) is 19.1. The first-order chi connectivity index (χ1) is 16.7. The molecule has 2 aliphatic heterocycles. The van der Waals surface area contributed by atoms with Crippen LogP contribution in [0.15, 0.2) is 72.9 Å². The van der Waals surface area contributed by atoms with Gasteiger partial charge in [0.05, 0.1) is 0 Å². The number of carbonyl (C=O) groups excluding carboxylic acids is 2. The van der Waals surface area contributed by atoms with Crippen LogP contribution in [-0.2, 0) is 16.0 Å². The number of benzene rings is 2. The van der Waals surface area contributed by atoms with Crippen molar-refractivity contribution in [2.45, 2.75) is 50.1 Å². The molecule has 2 bridgehead atoms. The van der Waals surface area contributed by atoms with E-state index in [4.69, 9.17) is 4.74 Å². The van der Waals surface area contributed by atoms with Gasteiger partial charge in [-0.05, 0) is 60.1 Å². The highest BCUT2D eigenvalue weighted by molar-refractivity contribution is 5.83. The predicted molar refractivity (Wildman–Crippen MR) is 129 cm³/mol. The first kappa shape index (κ1) is 21.1. The minimum absolute atomic E-state index is 0.00265. The molecule has 3 aliphatic rings. The molecule has 5 nitrogen and oxygen atoms in total. The van der Waals surface area contributed by atoms with Crippen molar-refractivity contribution in [3.63, 3.8) is 0 Å². The maximum absolute atomic E-state index is 13.2. The molecule has 2 aromatic carbocycles. The SMILES string of the molecule is O=C(Cc1ccccn1)C1CC2CCC(C1)N2C(=O)OCC1c2ccccc2-c2ccccc21. The molecule has 2 atom stereocenters. The highest BCUT2D eigenvalue weighted by Crippen LogP contribution is 2.45. The Labute approximate surface area is 199 Å². The molecule has 6 rings (SSSR count). The quantitative estimate of drug-likeness (QED) is 0.521. The molecule has 2 unspecified atom stereocenters. The van der Waals surface area contributed by atoms with Gasteiger partial charge in [0, 0.05) is 42.2 Å². The van der Waals surface area contributed by atoms with Crippen LogP contribution in [0.5, 0.6) is 0 Å². The summed E-state index contributed by atoms with van der Waals surface area (Å²) in [6.45, 7) is 0.338. The molecule has 0 saturated carbocycles. The number of piperidine rings is 1. The summed E-state index contributed by atoms with van der Waals surface area (Å²) in [6.07, 6.45) is 5.22. The van der Waals surface area contributed by atoms with E-state index in [0.717, 1.165) is 31.4 Å². The van der Waals surface area contributed by atoms with Gasteiger partial charge in [-0.25, -0.2) is 4.79 Å². The van der Waals surface area contributed by atoms with Crippen LogP contribution in [0.25, 0.3) is 11.1 Å². The zero-order valence-electron chi connectivity index (χ0n) is 19.1. The van der Waals surface area contributed by atoms with E-state index in [-0.39, 0.29) is 35.8 Å². The average Bonchev–Trinajstić information content (AvgIpc) is 3.33. The van der Waals surface area contributed by atoms with Crippen LogP contribution in [0.2, 0.25) is 0 Å². The van der Waals surface area contributed by atoms with E-state index < -0.39 is 0 Å². The summed E-state index contributed by atoms with van der Waals surface area (Å²) in [4.78, 5) is 32.4. The third-order valence-electron chi connectivity index (χ3n) is 7.82. The second-order valence-electron chi connectivity index (χ2n) is 9.73. The van der Waals surface area contributed by atoms with Crippen molar-refractivity contribution in [1.29, 1.82) is 0 Å². The van der Waals surface area contributed by atoms with E-state index in [1.807, 2.05) is 35.2 Å². The Morgan fingerprint density at radius 2 is 1.47 bits per heavy atom. The van der Waals surface area contributed by atoms with Crippen LogP contribution in [0.1, 0.15) is 48.4 Å². The predicted octanol–water partition coefficient (Wildman–Crippen LogP) is 5.39. The Kier molecular flexibility index (Phi) is 5.40. The maximum Gasteiger partial charge on any atom is 0.410 e. The Morgan fingerprint density at radius 3 is 2.09 bits per heavy atom. The van der Waals surface area contributed by atoms with Gasteiger partial charge in [0.15, 0.2) is 0 Å². The molecule has 2 fully saturated rings. The Morgan fingerprint density at radius 1 is 0.853 bits per heavy atom. The van der Waals surface area contributed by atoms with Crippen LogP contribution < -0.4 is 0 Å².